The van der Waals surface area contributed by atoms with Crippen molar-refractivity contribution in [1.29, 1.82) is 0 Å². The molecule has 3 aliphatic rings. The number of carboxylic acids is 1. The second-order valence-corrected chi connectivity index (χ2v) is 23.5. The van der Waals surface area contributed by atoms with Gasteiger partial charge >= 0.3 is 11.9 Å². The third-order valence-electron chi connectivity index (χ3n) is 16.9. The predicted octanol–water partition coefficient (Wildman–Crippen LogP) is 4.63. The SMILES string of the molecule is CC[C@H]1OC(=O)[C@H](C)[C@@H](O[C@H]2C[C@@](C)(OC)[C@@H](OCCCN(C)CCCc3ccc4c(c3)c(=O)c(C(=O)O)cn4N(C)C)[C@H](C)O2)[C@H](C)[C@@H](O[C@@H]2O[C@H](C)C[C@H](N(C)C)[C@H]2O)[C@](C)(OC)C[C@@H](C)C(=O)[C@H](C)[C@@H](O)[C@]1(C)O. The van der Waals surface area contributed by atoms with E-state index in [9.17, 15) is 39.6 Å². The predicted molar refractivity (Wildman–Crippen MR) is 290 cm³/mol. The van der Waals surface area contributed by atoms with Crippen LogP contribution >= 0.6 is 0 Å². The second-order valence-electron chi connectivity index (χ2n) is 23.5. The van der Waals surface area contributed by atoms with E-state index >= 15 is 0 Å². The number of esters is 1. The molecule has 1 aromatic carbocycles. The number of rotatable bonds is 19. The van der Waals surface area contributed by atoms with E-state index in [0.29, 0.717) is 36.8 Å². The van der Waals surface area contributed by atoms with Crippen molar-refractivity contribution >= 4 is 28.6 Å². The summed E-state index contributed by atoms with van der Waals surface area (Å²) in [6, 6.07) is 5.31. The Morgan fingerprint density at radius 2 is 1.49 bits per heavy atom. The van der Waals surface area contributed by atoms with Gasteiger partial charge in [0.15, 0.2) is 12.6 Å². The van der Waals surface area contributed by atoms with E-state index in [2.05, 4.69) is 4.90 Å². The van der Waals surface area contributed by atoms with E-state index in [1.54, 1.807) is 64.7 Å². The molecule has 0 radical (unpaired) electrons. The first kappa shape index (κ1) is 64.2. The van der Waals surface area contributed by atoms with Gasteiger partial charge in [-0.05, 0) is 125 Å². The van der Waals surface area contributed by atoms with Gasteiger partial charge in [-0.2, -0.15) is 0 Å². The van der Waals surface area contributed by atoms with Gasteiger partial charge < -0.3 is 73.1 Å². The summed E-state index contributed by atoms with van der Waals surface area (Å²) in [5.41, 5.74) is -3.43. The molecule has 0 unspecified atom stereocenters. The zero-order valence-corrected chi connectivity index (χ0v) is 49.0. The Hall–Kier alpha value is -3.64. The van der Waals surface area contributed by atoms with Gasteiger partial charge in [-0.25, -0.2) is 4.79 Å². The average Bonchev–Trinajstić information content (AvgIpc) is 3.37. The Bertz CT molecular complexity index is 2350. The van der Waals surface area contributed by atoms with Gasteiger partial charge in [-0.15, -0.1) is 0 Å². The molecule has 1 aromatic heterocycles. The van der Waals surface area contributed by atoms with E-state index in [4.69, 9.17) is 37.9 Å². The topological polar surface area (TPSA) is 238 Å². The molecule has 0 amide bonds. The van der Waals surface area contributed by atoms with Crippen molar-refractivity contribution in [1.82, 2.24) is 14.5 Å². The summed E-state index contributed by atoms with van der Waals surface area (Å²) in [5.74, 6) is -5.87. The molecular weight excluding hydrogens is 997 g/mol. The minimum Gasteiger partial charge on any atom is -0.477 e. The number of aryl methyl sites for hydroxylation is 1. The van der Waals surface area contributed by atoms with Crippen LogP contribution in [0.5, 0.6) is 0 Å². The first-order valence-corrected chi connectivity index (χ1v) is 27.6. The van der Waals surface area contributed by atoms with Crippen LogP contribution in [0.1, 0.15) is 124 Å². The molecule has 3 fully saturated rings. The lowest BCUT2D eigenvalue weighted by Gasteiger charge is -2.50. The van der Waals surface area contributed by atoms with Crippen LogP contribution in [0.2, 0.25) is 0 Å². The molecule has 2 aromatic rings. The molecule has 18 atom stereocenters. The number of hydrogen-bond donors (Lipinski definition) is 4. The number of hydrogen-bond acceptors (Lipinski definition) is 18. The Labute approximate surface area is 456 Å². The number of carboxylic acid groups (broad SMARTS) is 1. The summed E-state index contributed by atoms with van der Waals surface area (Å²) in [4.78, 5) is 58.0. The summed E-state index contributed by atoms with van der Waals surface area (Å²) >= 11 is 0. The number of pyridine rings is 1. The fourth-order valence-electron chi connectivity index (χ4n) is 12.1. The van der Waals surface area contributed by atoms with Gasteiger partial charge in [0, 0.05) is 83.3 Å². The first-order valence-electron chi connectivity index (χ1n) is 27.6. The summed E-state index contributed by atoms with van der Waals surface area (Å²) < 4.78 is 53.9. The Kier molecular flexibility index (Phi) is 22.3. The van der Waals surface area contributed by atoms with Gasteiger partial charge in [-0.1, -0.05) is 33.8 Å². The van der Waals surface area contributed by atoms with Gasteiger partial charge in [0.1, 0.15) is 35.3 Å². The summed E-state index contributed by atoms with van der Waals surface area (Å²) in [5, 5.41) is 47.1. The third kappa shape index (κ3) is 14.7. The summed E-state index contributed by atoms with van der Waals surface area (Å²) in [7, 11) is 12.5. The van der Waals surface area contributed by atoms with E-state index in [1.165, 1.54) is 20.2 Å². The van der Waals surface area contributed by atoms with Crippen LogP contribution in [0.25, 0.3) is 10.9 Å². The number of aliphatic hydroxyl groups excluding tert-OH is 2. The number of carbonyl (C=O) groups excluding carboxylic acids is 2. The number of cyclic esters (lactones) is 1. The quantitative estimate of drug-likeness (QED) is 0.111. The number of likely N-dealkylation sites (N-methyl/N-ethyl adjacent to an activating group) is 1. The molecule has 0 saturated carbocycles. The lowest BCUT2D eigenvalue weighted by molar-refractivity contribution is -0.322. The number of Topliss-reactive ketones (excluding diaryl/α,β-unsaturated/α-hetero) is 1. The molecule has 4 N–H and O–H groups in total. The van der Waals surface area contributed by atoms with Crippen molar-refractivity contribution in [2.24, 2.45) is 23.7 Å². The van der Waals surface area contributed by atoms with Crippen molar-refractivity contribution in [3.8, 4) is 0 Å². The highest BCUT2D eigenvalue weighted by Crippen LogP contribution is 2.42. The smallest absolute Gasteiger partial charge is 0.341 e. The minimum absolute atomic E-state index is 0.0908. The van der Waals surface area contributed by atoms with Crippen LogP contribution in [-0.4, -0.2) is 206 Å². The third-order valence-corrected chi connectivity index (χ3v) is 16.9. The molecule has 20 nitrogen and oxygen atoms in total. The number of ketones is 1. The van der Waals surface area contributed by atoms with Gasteiger partial charge in [0.2, 0.25) is 5.43 Å². The molecule has 3 aliphatic heterocycles. The van der Waals surface area contributed by atoms with Crippen molar-refractivity contribution in [2.75, 3.05) is 74.2 Å². The fourth-order valence-corrected chi connectivity index (χ4v) is 12.1. The van der Waals surface area contributed by atoms with Crippen molar-refractivity contribution in [2.45, 2.75) is 198 Å². The number of nitrogens with zero attached hydrogens (tertiary/aromatic N) is 4. The molecule has 4 heterocycles. The molecule has 438 valence electrons. The Morgan fingerprint density at radius 1 is 0.857 bits per heavy atom. The van der Waals surface area contributed by atoms with E-state index < -0.39 is 113 Å². The van der Waals surface area contributed by atoms with E-state index in [0.717, 1.165) is 25.1 Å². The number of methoxy groups -OCH3 is 2. The summed E-state index contributed by atoms with van der Waals surface area (Å²) in [6.07, 6.45) is -4.82. The normalized spacial score (nSPS) is 37.0. The van der Waals surface area contributed by atoms with E-state index in [-0.39, 0.29) is 42.8 Å². The van der Waals surface area contributed by atoms with E-state index in [1.807, 2.05) is 72.8 Å². The number of aromatic carboxylic acids is 1. The molecule has 77 heavy (non-hydrogen) atoms. The Morgan fingerprint density at radius 3 is 2.09 bits per heavy atom. The molecule has 0 bridgehead atoms. The highest BCUT2D eigenvalue weighted by Gasteiger charge is 2.54. The standard InChI is InChI=1S/C57H94N4O16/c1-18-43-57(10,69)49(65)34(4)45(62)32(2)29-55(8,70-16)50(77-54-47(64)42(58(11)12)27-33(3)73-54)35(5)48(36(6)53(68)75-43)76-44-30-56(9,71-17)51(37(7)74-44)72-26-20-25-60(15)24-19-21-38-22-23-41-39(28-38)46(63)40(52(66)67)31-61(41)59(13)14/h22-23,28,31-37,42-44,47-51,54,64-65,69H,18-21,24-27,29-30H2,1-17H3,(H,66,67)/t32-,33-,34+,35+,36-,37+,42+,43-,44+,47-,48+,49-,50-,51+,54+,55-,56-,57-/m1/s1. The fraction of sp³-hybridized carbons (Fsp3) is 0.789. The second kappa shape index (κ2) is 26.8. The van der Waals surface area contributed by atoms with Crippen LogP contribution in [0, 0.1) is 23.7 Å². The minimum atomic E-state index is -2.00. The van der Waals surface area contributed by atoms with Crippen molar-refractivity contribution in [3.63, 3.8) is 0 Å². The number of benzene rings is 1. The highest BCUT2D eigenvalue weighted by molar-refractivity contribution is 5.93. The van der Waals surface area contributed by atoms with Crippen molar-refractivity contribution in [3.05, 3.63) is 45.7 Å². The zero-order valence-electron chi connectivity index (χ0n) is 49.0. The zero-order chi connectivity index (χ0) is 57.6. The average molecular weight is 1090 g/mol. The van der Waals surface area contributed by atoms with Crippen LogP contribution in [0.3, 0.4) is 0 Å². The number of fused-ring (bicyclic) bond motifs is 1. The maximum atomic E-state index is 14.6. The highest BCUT2D eigenvalue weighted by atomic mass is 16.7. The van der Waals surface area contributed by atoms with Crippen LogP contribution in [-0.2, 0) is 53.9 Å². The van der Waals surface area contributed by atoms with Gasteiger partial charge in [0.05, 0.1) is 53.2 Å². The lowest BCUT2D eigenvalue weighted by Crippen LogP contribution is -2.61. The number of aliphatic hydroxyl groups is 3. The molecule has 3 saturated heterocycles. The maximum absolute atomic E-state index is 14.6. The number of carbonyl (C=O) groups is 3. The van der Waals surface area contributed by atoms with Crippen LogP contribution < -0.4 is 10.4 Å². The van der Waals surface area contributed by atoms with Crippen LogP contribution in [0.4, 0.5) is 0 Å². The molecule has 0 aliphatic carbocycles. The molecular formula is C57H94N4O16. The molecule has 20 heteroatoms. The first-order chi connectivity index (χ1) is 36.0. The van der Waals surface area contributed by atoms with Crippen LogP contribution in [0.15, 0.2) is 29.2 Å². The monoisotopic (exact) mass is 1090 g/mol. The van der Waals surface area contributed by atoms with Gasteiger partial charge in [-0.3, -0.25) is 19.1 Å². The van der Waals surface area contributed by atoms with Gasteiger partial charge in [0.25, 0.3) is 0 Å². The number of ether oxygens (including phenoxy) is 8. The van der Waals surface area contributed by atoms with Crippen molar-refractivity contribution < 1.29 is 72.7 Å². The lowest BCUT2D eigenvalue weighted by atomic mass is 9.74. The number of aromatic nitrogens is 1. The maximum Gasteiger partial charge on any atom is 0.341 e. The molecule has 0 spiro atoms. The Balaban J connectivity index is 1.34. The molecule has 5 rings (SSSR count). The largest absolute Gasteiger partial charge is 0.477 e. The summed E-state index contributed by atoms with van der Waals surface area (Å²) in [6.45, 7) is 19.4.